The molecule has 0 unspecified atom stereocenters. The Morgan fingerprint density at radius 2 is 1.87 bits per heavy atom. The van der Waals surface area contributed by atoms with Crippen LogP contribution in [-0.2, 0) is 0 Å². The SMILES string of the molecule is C[Si](C)(C)C=C(c1ccc(F)cc1)c1ncc(C(=O)O)nc1Cl. The number of carboxylic acids is 1. The van der Waals surface area contributed by atoms with Crippen LogP contribution in [0.4, 0.5) is 4.39 Å². The van der Waals surface area contributed by atoms with E-state index in [4.69, 9.17) is 16.7 Å². The normalized spacial score (nSPS) is 12.3. The van der Waals surface area contributed by atoms with E-state index in [1.165, 1.54) is 18.3 Å². The number of rotatable bonds is 4. The summed E-state index contributed by atoms with van der Waals surface area (Å²) in [5.41, 5.74) is 3.75. The van der Waals surface area contributed by atoms with E-state index in [-0.39, 0.29) is 16.7 Å². The van der Waals surface area contributed by atoms with Crippen molar-refractivity contribution in [1.29, 1.82) is 0 Å². The Balaban J connectivity index is 2.61. The van der Waals surface area contributed by atoms with Crippen molar-refractivity contribution in [2.75, 3.05) is 0 Å². The lowest BCUT2D eigenvalue weighted by Gasteiger charge is -2.16. The molecule has 0 saturated carbocycles. The van der Waals surface area contributed by atoms with Crippen LogP contribution in [0.5, 0.6) is 0 Å². The largest absolute Gasteiger partial charge is 0.476 e. The molecule has 0 fully saturated rings. The molecule has 1 heterocycles. The van der Waals surface area contributed by atoms with Crippen molar-refractivity contribution in [3.8, 4) is 0 Å². The zero-order valence-corrected chi connectivity index (χ0v) is 14.7. The van der Waals surface area contributed by atoms with Crippen LogP contribution in [0.3, 0.4) is 0 Å². The molecule has 0 bridgehead atoms. The van der Waals surface area contributed by atoms with Crippen LogP contribution < -0.4 is 0 Å². The minimum absolute atomic E-state index is 0.0127. The van der Waals surface area contributed by atoms with E-state index in [9.17, 15) is 9.18 Å². The van der Waals surface area contributed by atoms with Crippen molar-refractivity contribution in [3.05, 3.63) is 64.1 Å². The molecule has 0 aliphatic carbocycles. The number of benzene rings is 1. The molecule has 0 spiro atoms. The van der Waals surface area contributed by atoms with E-state index in [0.717, 1.165) is 11.1 Å². The molecule has 120 valence electrons. The summed E-state index contributed by atoms with van der Waals surface area (Å²) in [7, 11) is -1.66. The van der Waals surface area contributed by atoms with Crippen LogP contribution in [0.1, 0.15) is 21.7 Å². The van der Waals surface area contributed by atoms with Gasteiger partial charge in [-0.3, -0.25) is 4.98 Å². The van der Waals surface area contributed by atoms with Crippen LogP contribution in [0.2, 0.25) is 24.8 Å². The van der Waals surface area contributed by atoms with Gasteiger partial charge in [-0.2, -0.15) is 0 Å². The van der Waals surface area contributed by atoms with Crippen molar-refractivity contribution < 1.29 is 14.3 Å². The molecule has 23 heavy (non-hydrogen) atoms. The molecule has 0 saturated heterocycles. The third-order valence-electron chi connectivity index (χ3n) is 2.94. The van der Waals surface area contributed by atoms with Gasteiger partial charge < -0.3 is 5.11 Å². The first-order chi connectivity index (χ1) is 10.7. The summed E-state index contributed by atoms with van der Waals surface area (Å²) in [6.45, 7) is 6.43. The van der Waals surface area contributed by atoms with Gasteiger partial charge in [-0.15, -0.1) is 0 Å². The fraction of sp³-hybridized carbons (Fsp3) is 0.188. The van der Waals surface area contributed by atoms with Gasteiger partial charge in [-0.25, -0.2) is 14.2 Å². The van der Waals surface area contributed by atoms with Crippen molar-refractivity contribution in [3.63, 3.8) is 0 Å². The second-order valence-corrected chi connectivity index (χ2v) is 11.5. The Morgan fingerprint density at radius 3 is 2.35 bits per heavy atom. The quantitative estimate of drug-likeness (QED) is 0.836. The molecule has 0 aliphatic rings. The average molecular weight is 351 g/mol. The zero-order valence-electron chi connectivity index (χ0n) is 13.0. The number of aromatic carboxylic acids is 1. The molecule has 4 nitrogen and oxygen atoms in total. The number of carboxylic acid groups (broad SMARTS) is 1. The van der Waals surface area contributed by atoms with Crippen molar-refractivity contribution in [1.82, 2.24) is 9.97 Å². The molecule has 0 atom stereocenters. The highest BCUT2D eigenvalue weighted by Gasteiger charge is 2.19. The summed E-state index contributed by atoms with van der Waals surface area (Å²) in [4.78, 5) is 19.0. The Morgan fingerprint density at radius 1 is 1.26 bits per heavy atom. The Bertz CT molecular complexity index is 771. The highest BCUT2D eigenvalue weighted by molar-refractivity contribution is 6.81. The summed E-state index contributed by atoms with van der Waals surface area (Å²) < 4.78 is 13.2. The lowest BCUT2D eigenvalue weighted by molar-refractivity contribution is 0.0690. The fourth-order valence-electron chi connectivity index (χ4n) is 2.00. The fourth-order valence-corrected chi connectivity index (χ4v) is 3.41. The predicted octanol–water partition coefficient (Wildman–Crippen LogP) is 4.28. The summed E-state index contributed by atoms with van der Waals surface area (Å²) >= 11 is 6.14. The summed E-state index contributed by atoms with van der Waals surface area (Å²) in [6, 6.07) is 6.01. The number of aromatic nitrogens is 2. The lowest BCUT2D eigenvalue weighted by atomic mass is 10.0. The third kappa shape index (κ3) is 4.46. The summed E-state index contributed by atoms with van der Waals surface area (Å²) in [5, 5.41) is 8.97. The number of carbonyl (C=O) groups is 1. The second-order valence-electron chi connectivity index (χ2n) is 6.13. The number of hydrogen-bond donors (Lipinski definition) is 1. The van der Waals surface area contributed by atoms with Gasteiger partial charge in [0, 0.05) is 5.57 Å². The monoisotopic (exact) mass is 350 g/mol. The standard InChI is InChI=1S/C16H16ClFN2O2Si/c1-23(2,3)9-12(10-4-6-11(18)7-5-10)14-15(17)20-13(8-19-14)16(21)22/h4-9H,1-3H3,(H,21,22). The van der Waals surface area contributed by atoms with Gasteiger partial charge in [0.1, 0.15) is 11.5 Å². The maximum absolute atomic E-state index is 13.2. The summed E-state index contributed by atoms with van der Waals surface area (Å²) in [5.74, 6) is -1.53. The molecule has 0 amide bonds. The number of hydrogen-bond acceptors (Lipinski definition) is 3. The van der Waals surface area contributed by atoms with E-state index in [0.29, 0.717) is 5.69 Å². The van der Waals surface area contributed by atoms with Crippen LogP contribution in [0.15, 0.2) is 36.2 Å². The van der Waals surface area contributed by atoms with E-state index in [1.807, 2.05) is 0 Å². The van der Waals surface area contributed by atoms with E-state index in [1.54, 1.807) is 12.1 Å². The molecular weight excluding hydrogens is 335 g/mol. The van der Waals surface area contributed by atoms with Crippen LogP contribution in [0.25, 0.3) is 5.57 Å². The predicted molar refractivity (Wildman–Crippen MR) is 90.8 cm³/mol. The van der Waals surface area contributed by atoms with Crippen LogP contribution in [0, 0.1) is 5.82 Å². The minimum atomic E-state index is -1.66. The molecule has 2 rings (SSSR count). The van der Waals surface area contributed by atoms with Gasteiger partial charge >= 0.3 is 5.97 Å². The minimum Gasteiger partial charge on any atom is -0.476 e. The van der Waals surface area contributed by atoms with E-state index < -0.39 is 14.0 Å². The smallest absolute Gasteiger partial charge is 0.356 e. The lowest BCUT2D eigenvalue weighted by Crippen LogP contribution is -2.17. The van der Waals surface area contributed by atoms with Gasteiger partial charge in [0.25, 0.3) is 0 Å². The second kappa shape index (κ2) is 6.60. The highest BCUT2D eigenvalue weighted by atomic mass is 35.5. The zero-order chi connectivity index (χ0) is 17.2. The first-order valence-electron chi connectivity index (χ1n) is 6.92. The maximum Gasteiger partial charge on any atom is 0.356 e. The van der Waals surface area contributed by atoms with Crippen LogP contribution in [-0.4, -0.2) is 29.1 Å². The van der Waals surface area contributed by atoms with E-state index in [2.05, 4.69) is 35.3 Å². The molecule has 1 aromatic heterocycles. The van der Waals surface area contributed by atoms with Gasteiger partial charge in [-0.05, 0) is 17.7 Å². The first-order valence-corrected chi connectivity index (χ1v) is 10.9. The van der Waals surface area contributed by atoms with Gasteiger partial charge in [0.2, 0.25) is 0 Å². The third-order valence-corrected chi connectivity index (χ3v) is 4.35. The Labute approximate surface area is 139 Å². The number of halogens is 2. The molecule has 0 radical (unpaired) electrons. The maximum atomic E-state index is 13.2. The molecule has 1 N–H and O–H groups in total. The van der Waals surface area contributed by atoms with E-state index >= 15 is 0 Å². The van der Waals surface area contributed by atoms with Crippen LogP contribution >= 0.6 is 11.6 Å². The first kappa shape index (κ1) is 17.3. The highest BCUT2D eigenvalue weighted by Crippen LogP contribution is 2.29. The van der Waals surface area contributed by atoms with Gasteiger partial charge in [0.05, 0.1) is 14.3 Å². The van der Waals surface area contributed by atoms with Crippen molar-refractivity contribution >= 4 is 31.2 Å². The van der Waals surface area contributed by atoms with Crippen molar-refractivity contribution in [2.45, 2.75) is 19.6 Å². The Hall–Kier alpha value is -2.05. The van der Waals surface area contributed by atoms with Crippen molar-refractivity contribution in [2.24, 2.45) is 0 Å². The average Bonchev–Trinajstić information content (AvgIpc) is 2.45. The topological polar surface area (TPSA) is 63.1 Å². The molecule has 0 aliphatic heterocycles. The Kier molecular flexibility index (Phi) is 4.96. The number of nitrogens with zero attached hydrogens (tertiary/aromatic N) is 2. The summed E-state index contributed by atoms with van der Waals surface area (Å²) in [6.07, 6.45) is 1.17. The van der Waals surface area contributed by atoms with Gasteiger partial charge in [0.15, 0.2) is 10.8 Å². The van der Waals surface area contributed by atoms with Gasteiger partial charge in [-0.1, -0.05) is 49.1 Å². The molecular formula is C16H16ClFN2O2Si. The molecule has 2 aromatic rings. The molecule has 1 aromatic carbocycles. The molecule has 7 heteroatoms.